The molecule has 1 aromatic heterocycles. The number of halogens is 1. The van der Waals surface area contributed by atoms with E-state index in [9.17, 15) is 9.18 Å². The highest BCUT2D eigenvalue weighted by atomic mass is 19.1. The summed E-state index contributed by atoms with van der Waals surface area (Å²) in [6.07, 6.45) is 0.100. The molecule has 1 heterocycles. The van der Waals surface area contributed by atoms with Crippen molar-refractivity contribution in [1.82, 2.24) is 15.3 Å². The lowest BCUT2D eigenvalue weighted by atomic mass is 10.2. The summed E-state index contributed by atoms with van der Waals surface area (Å²) in [5.41, 5.74) is 2.22. The summed E-state index contributed by atoms with van der Waals surface area (Å²) >= 11 is 0. The molecule has 0 aliphatic carbocycles. The molecule has 162 valence electrons. The van der Waals surface area contributed by atoms with Crippen molar-refractivity contribution in [2.45, 2.75) is 26.5 Å². The molecule has 0 aliphatic rings. The van der Waals surface area contributed by atoms with Crippen LogP contribution < -0.4 is 15.4 Å². The Morgan fingerprint density at radius 2 is 1.69 bits per heavy atom. The molecule has 7 heteroatoms. The van der Waals surface area contributed by atoms with Crippen LogP contribution in [0.2, 0.25) is 0 Å². The number of carbonyl (C=O) groups is 1. The quantitative estimate of drug-likeness (QED) is 0.420. The molecule has 2 N–H and O–H groups in total. The van der Waals surface area contributed by atoms with Gasteiger partial charge in [-0.3, -0.25) is 4.79 Å². The highest BCUT2D eigenvalue weighted by Crippen LogP contribution is 2.24. The van der Waals surface area contributed by atoms with Crippen LogP contribution in [0.4, 0.5) is 15.9 Å². The van der Waals surface area contributed by atoms with Crippen molar-refractivity contribution in [3.63, 3.8) is 0 Å². The van der Waals surface area contributed by atoms with Gasteiger partial charge in [0.15, 0.2) is 0 Å². The Hall–Kier alpha value is -4.00. The number of benzene rings is 3. The first-order valence-electron chi connectivity index (χ1n) is 10.3. The number of nitrogens with one attached hydrogen (secondary N) is 2. The van der Waals surface area contributed by atoms with Crippen molar-refractivity contribution in [3.8, 4) is 5.75 Å². The van der Waals surface area contributed by atoms with Crippen LogP contribution in [0, 0.1) is 5.82 Å². The molecular weight excluding hydrogens is 407 g/mol. The van der Waals surface area contributed by atoms with E-state index in [1.807, 2.05) is 62.4 Å². The van der Waals surface area contributed by atoms with Crippen LogP contribution in [0.1, 0.15) is 30.0 Å². The Morgan fingerprint density at radius 3 is 2.41 bits per heavy atom. The zero-order valence-electron chi connectivity index (χ0n) is 17.8. The number of hydrogen-bond donors (Lipinski definition) is 2. The van der Waals surface area contributed by atoms with Crippen LogP contribution in [0.25, 0.3) is 10.9 Å². The molecule has 0 saturated carbocycles. The number of anilines is 2. The second-order valence-corrected chi connectivity index (χ2v) is 7.54. The Morgan fingerprint density at radius 1 is 0.969 bits per heavy atom. The number of carbonyl (C=O) groups excluding carboxylic acids is 1. The van der Waals surface area contributed by atoms with Gasteiger partial charge in [-0.2, -0.15) is 0 Å². The van der Waals surface area contributed by atoms with E-state index in [2.05, 4.69) is 20.6 Å². The molecule has 4 rings (SSSR count). The minimum absolute atomic E-state index is 0.0491. The Bertz CT molecular complexity index is 1230. The molecule has 0 radical (unpaired) electrons. The van der Waals surface area contributed by atoms with Crippen LogP contribution in [-0.2, 0) is 6.54 Å². The fraction of sp³-hybridized carbons (Fsp3) is 0.160. The second-order valence-electron chi connectivity index (χ2n) is 7.54. The van der Waals surface area contributed by atoms with E-state index in [-0.39, 0.29) is 23.7 Å². The van der Waals surface area contributed by atoms with E-state index >= 15 is 0 Å². The second kappa shape index (κ2) is 9.43. The van der Waals surface area contributed by atoms with Crippen LogP contribution in [0.5, 0.6) is 5.75 Å². The van der Waals surface area contributed by atoms with Gasteiger partial charge in [0.1, 0.15) is 17.4 Å². The summed E-state index contributed by atoms with van der Waals surface area (Å²) in [5.74, 6) is 0.590. The van der Waals surface area contributed by atoms with Gasteiger partial charge in [-0.05, 0) is 67.9 Å². The number of amides is 1. The monoisotopic (exact) mass is 430 g/mol. The third-order valence-corrected chi connectivity index (χ3v) is 4.66. The SMILES string of the molecule is CC(C)Oc1ccc(CNC(=O)c2nc(Nc3ccc(F)cc3)c3ccccc3n2)cc1. The van der Waals surface area contributed by atoms with Crippen LogP contribution in [0.15, 0.2) is 72.8 Å². The van der Waals surface area contributed by atoms with Gasteiger partial charge < -0.3 is 15.4 Å². The Labute approximate surface area is 185 Å². The molecule has 0 atom stereocenters. The largest absolute Gasteiger partial charge is 0.491 e. The molecule has 3 aromatic carbocycles. The predicted octanol–water partition coefficient (Wildman–Crippen LogP) is 5.23. The molecule has 0 fully saturated rings. The topological polar surface area (TPSA) is 76.1 Å². The molecule has 0 unspecified atom stereocenters. The lowest BCUT2D eigenvalue weighted by molar-refractivity contribution is 0.0941. The molecule has 0 spiro atoms. The Kier molecular flexibility index (Phi) is 6.26. The number of para-hydroxylation sites is 1. The summed E-state index contributed by atoms with van der Waals surface area (Å²) in [5, 5.41) is 6.77. The summed E-state index contributed by atoms with van der Waals surface area (Å²) in [6.45, 7) is 4.27. The standard InChI is InChI=1S/C25H23FN4O2/c1-16(2)32-20-13-7-17(8-14-20)15-27-25(31)24-29-22-6-4-3-5-21(22)23(30-24)28-19-11-9-18(26)10-12-19/h3-14,16H,15H2,1-2H3,(H,27,31)(H,28,29,30). The van der Waals surface area contributed by atoms with Crippen LogP contribution in [0.3, 0.4) is 0 Å². The smallest absolute Gasteiger partial charge is 0.289 e. The fourth-order valence-electron chi connectivity index (χ4n) is 3.16. The maximum atomic E-state index is 13.2. The molecule has 0 aliphatic heterocycles. The number of fused-ring (bicyclic) bond motifs is 1. The number of aromatic nitrogens is 2. The number of nitrogens with zero attached hydrogens (tertiary/aromatic N) is 2. The van der Waals surface area contributed by atoms with Crippen LogP contribution >= 0.6 is 0 Å². The van der Waals surface area contributed by atoms with Gasteiger partial charge in [0, 0.05) is 17.6 Å². The van der Waals surface area contributed by atoms with Crippen LogP contribution in [-0.4, -0.2) is 22.0 Å². The maximum Gasteiger partial charge on any atom is 0.289 e. The van der Waals surface area contributed by atoms with Crippen molar-refractivity contribution >= 4 is 28.3 Å². The minimum atomic E-state index is -0.389. The molecule has 32 heavy (non-hydrogen) atoms. The average Bonchev–Trinajstić information content (AvgIpc) is 2.79. The van der Waals surface area contributed by atoms with Crippen molar-refractivity contribution in [1.29, 1.82) is 0 Å². The summed E-state index contributed by atoms with van der Waals surface area (Å²) < 4.78 is 18.9. The highest BCUT2D eigenvalue weighted by Gasteiger charge is 2.14. The van der Waals surface area contributed by atoms with E-state index in [0.717, 1.165) is 16.7 Å². The fourth-order valence-corrected chi connectivity index (χ4v) is 3.16. The van der Waals surface area contributed by atoms with Gasteiger partial charge in [0.25, 0.3) is 5.91 Å². The maximum absolute atomic E-state index is 13.2. The highest BCUT2D eigenvalue weighted by molar-refractivity contribution is 5.97. The molecule has 1 amide bonds. The predicted molar refractivity (Wildman–Crippen MR) is 123 cm³/mol. The van der Waals surface area contributed by atoms with Gasteiger partial charge >= 0.3 is 0 Å². The lowest BCUT2D eigenvalue weighted by Gasteiger charge is -2.12. The molecular formula is C25H23FN4O2. The molecule has 0 bridgehead atoms. The first kappa shape index (κ1) is 21.2. The lowest BCUT2D eigenvalue weighted by Crippen LogP contribution is -2.25. The van der Waals surface area contributed by atoms with Gasteiger partial charge in [-0.1, -0.05) is 24.3 Å². The van der Waals surface area contributed by atoms with E-state index in [1.165, 1.54) is 12.1 Å². The zero-order valence-corrected chi connectivity index (χ0v) is 17.8. The first-order valence-corrected chi connectivity index (χ1v) is 10.3. The van der Waals surface area contributed by atoms with Crippen molar-refractivity contribution < 1.29 is 13.9 Å². The molecule has 6 nitrogen and oxygen atoms in total. The van der Waals surface area contributed by atoms with Gasteiger partial charge in [-0.15, -0.1) is 0 Å². The summed E-state index contributed by atoms with van der Waals surface area (Å²) in [7, 11) is 0. The zero-order chi connectivity index (χ0) is 22.5. The van der Waals surface area contributed by atoms with Crippen molar-refractivity contribution in [2.75, 3.05) is 5.32 Å². The number of ether oxygens (including phenoxy) is 1. The van der Waals surface area contributed by atoms with Gasteiger partial charge in [0.2, 0.25) is 5.82 Å². The minimum Gasteiger partial charge on any atom is -0.491 e. The third kappa shape index (κ3) is 5.18. The van der Waals surface area contributed by atoms with E-state index in [4.69, 9.17) is 4.74 Å². The number of hydrogen-bond acceptors (Lipinski definition) is 5. The third-order valence-electron chi connectivity index (χ3n) is 4.66. The molecule has 4 aromatic rings. The average molecular weight is 430 g/mol. The van der Waals surface area contributed by atoms with Crippen molar-refractivity contribution in [3.05, 3.63) is 90.0 Å². The summed E-state index contributed by atoms with van der Waals surface area (Å²) in [4.78, 5) is 21.6. The summed E-state index contributed by atoms with van der Waals surface area (Å²) in [6, 6.07) is 20.9. The molecule has 0 saturated heterocycles. The normalized spacial score (nSPS) is 10.9. The number of rotatable bonds is 7. The first-order chi connectivity index (χ1) is 15.5. The van der Waals surface area contributed by atoms with Crippen molar-refractivity contribution in [2.24, 2.45) is 0 Å². The Balaban J connectivity index is 1.53. The van der Waals surface area contributed by atoms with Gasteiger partial charge in [0.05, 0.1) is 11.6 Å². The van der Waals surface area contributed by atoms with E-state index < -0.39 is 0 Å². The van der Waals surface area contributed by atoms with E-state index in [0.29, 0.717) is 23.6 Å². The van der Waals surface area contributed by atoms with Gasteiger partial charge in [-0.25, -0.2) is 14.4 Å². The van der Waals surface area contributed by atoms with E-state index in [1.54, 1.807) is 12.1 Å².